The molecule has 0 bridgehead atoms. The third-order valence-electron chi connectivity index (χ3n) is 3.87. The third kappa shape index (κ3) is 5.77. The number of aliphatic imine (C=N–C) groups is 1. The fourth-order valence-corrected chi connectivity index (χ4v) is 4.85. The van der Waals surface area contributed by atoms with E-state index in [1.807, 2.05) is 45.9 Å². The first-order valence-electron chi connectivity index (χ1n) is 8.76. The van der Waals surface area contributed by atoms with Gasteiger partial charge in [-0.15, -0.1) is 0 Å². The Balaban J connectivity index is 1.97. The maximum absolute atomic E-state index is 12.5. The van der Waals surface area contributed by atoms with Crippen LogP contribution in [0.1, 0.15) is 43.6 Å². The Morgan fingerprint density at radius 1 is 1.23 bits per heavy atom. The number of hydrogen-bond acceptors (Lipinski definition) is 6. The van der Waals surface area contributed by atoms with Gasteiger partial charge in [0.05, 0.1) is 12.1 Å². The first-order valence-corrected chi connectivity index (χ1v) is 10.7. The molecular formula is C19H26N2O3S2. The molecule has 5 nitrogen and oxygen atoms in total. The van der Waals surface area contributed by atoms with Gasteiger partial charge in [-0.3, -0.25) is 9.79 Å². The highest BCUT2D eigenvalue weighted by atomic mass is 32.2. The predicted octanol–water partition coefficient (Wildman–Crippen LogP) is 3.82. The fourth-order valence-electron chi connectivity index (χ4n) is 2.84. The minimum absolute atomic E-state index is 0.0644. The van der Waals surface area contributed by atoms with Crippen molar-refractivity contribution in [3.63, 3.8) is 0 Å². The molecule has 1 aliphatic heterocycles. The molecule has 0 spiro atoms. The van der Waals surface area contributed by atoms with Crippen molar-refractivity contribution in [1.29, 1.82) is 0 Å². The van der Waals surface area contributed by atoms with E-state index < -0.39 is 5.97 Å². The van der Waals surface area contributed by atoms with Gasteiger partial charge in [0.15, 0.2) is 6.61 Å². The lowest BCUT2D eigenvalue weighted by atomic mass is 10.1. The number of benzene rings is 1. The molecule has 1 aromatic carbocycles. The quantitative estimate of drug-likeness (QED) is 0.658. The second-order valence-electron chi connectivity index (χ2n) is 6.51. The molecule has 0 atom stereocenters. The smallest absolute Gasteiger partial charge is 0.338 e. The zero-order valence-corrected chi connectivity index (χ0v) is 17.4. The van der Waals surface area contributed by atoms with Crippen LogP contribution in [0.4, 0.5) is 0 Å². The van der Waals surface area contributed by atoms with Crippen LogP contribution in [-0.4, -0.2) is 52.1 Å². The molecule has 0 aromatic heterocycles. The summed E-state index contributed by atoms with van der Waals surface area (Å²) in [5.41, 5.74) is 1.41. The molecule has 0 saturated carbocycles. The molecule has 0 aliphatic carbocycles. The van der Waals surface area contributed by atoms with Crippen molar-refractivity contribution in [3.05, 3.63) is 35.4 Å². The zero-order valence-electron chi connectivity index (χ0n) is 15.7. The van der Waals surface area contributed by atoms with Crippen molar-refractivity contribution in [3.8, 4) is 0 Å². The van der Waals surface area contributed by atoms with Gasteiger partial charge in [-0.05, 0) is 39.3 Å². The number of carbonyl (C=O) groups excluding carboxylic acids is 2. The maximum atomic E-state index is 12.5. The summed E-state index contributed by atoms with van der Waals surface area (Å²) in [7, 11) is 0. The van der Waals surface area contributed by atoms with Crippen LogP contribution in [0.15, 0.2) is 29.3 Å². The Bertz CT molecular complexity index is 667. The predicted molar refractivity (Wildman–Crippen MR) is 110 cm³/mol. The molecule has 0 unspecified atom stereocenters. The molecule has 0 radical (unpaired) electrons. The number of esters is 1. The minimum Gasteiger partial charge on any atom is -0.452 e. The molecule has 0 fully saturated rings. The number of hydrogen-bond donors (Lipinski definition) is 0. The molecule has 0 N–H and O–H groups in total. The molecule has 1 aliphatic rings. The SMILES string of the molecule is CC(C)N(C(=O)COC(=O)c1ccccc1CSC1=NCCS1)C(C)C. The molecule has 7 heteroatoms. The molecule has 0 saturated heterocycles. The van der Waals surface area contributed by atoms with E-state index in [4.69, 9.17) is 4.74 Å². The lowest BCUT2D eigenvalue weighted by Crippen LogP contribution is -2.44. The highest BCUT2D eigenvalue weighted by Gasteiger charge is 2.22. The highest BCUT2D eigenvalue weighted by molar-refractivity contribution is 8.38. The molecule has 1 aromatic rings. The van der Waals surface area contributed by atoms with Crippen LogP contribution in [0.5, 0.6) is 0 Å². The topological polar surface area (TPSA) is 59.0 Å². The summed E-state index contributed by atoms with van der Waals surface area (Å²) in [5.74, 6) is 1.06. The maximum Gasteiger partial charge on any atom is 0.338 e. The van der Waals surface area contributed by atoms with E-state index in [1.165, 1.54) is 0 Å². The number of ether oxygens (including phenoxy) is 1. The van der Waals surface area contributed by atoms with E-state index >= 15 is 0 Å². The van der Waals surface area contributed by atoms with E-state index in [0.717, 1.165) is 22.2 Å². The summed E-state index contributed by atoms with van der Waals surface area (Å²) in [6, 6.07) is 7.50. The van der Waals surface area contributed by atoms with E-state index in [0.29, 0.717) is 11.3 Å². The van der Waals surface area contributed by atoms with Crippen LogP contribution in [-0.2, 0) is 15.3 Å². The van der Waals surface area contributed by atoms with Crippen molar-refractivity contribution in [2.45, 2.75) is 45.5 Å². The monoisotopic (exact) mass is 394 g/mol. The van der Waals surface area contributed by atoms with Crippen LogP contribution in [0.3, 0.4) is 0 Å². The number of nitrogens with zero attached hydrogens (tertiary/aromatic N) is 2. The molecule has 2 rings (SSSR count). The number of rotatable bonds is 7. The third-order valence-corrected chi connectivity index (χ3v) is 6.17. The minimum atomic E-state index is -0.456. The molecule has 26 heavy (non-hydrogen) atoms. The van der Waals surface area contributed by atoms with Crippen LogP contribution in [0.25, 0.3) is 0 Å². The summed E-state index contributed by atoms with van der Waals surface area (Å²) in [5, 5.41) is 0. The first-order chi connectivity index (χ1) is 12.4. The van der Waals surface area contributed by atoms with Crippen LogP contribution >= 0.6 is 23.5 Å². The lowest BCUT2D eigenvalue weighted by molar-refractivity contribution is -0.138. The molecular weight excluding hydrogens is 368 g/mol. The Kier molecular flexibility index (Phi) is 8.03. The van der Waals surface area contributed by atoms with Gasteiger partial charge < -0.3 is 9.64 Å². The number of amides is 1. The number of thioether (sulfide) groups is 2. The van der Waals surface area contributed by atoms with Crippen molar-refractivity contribution in [1.82, 2.24) is 4.90 Å². The molecule has 1 amide bonds. The van der Waals surface area contributed by atoms with Crippen LogP contribution in [0.2, 0.25) is 0 Å². The van der Waals surface area contributed by atoms with Gasteiger partial charge in [0.2, 0.25) is 0 Å². The van der Waals surface area contributed by atoms with Crippen molar-refractivity contribution < 1.29 is 14.3 Å². The van der Waals surface area contributed by atoms with Gasteiger partial charge in [0, 0.05) is 23.6 Å². The van der Waals surface area contributed by atoms with Gasteiger partial charge in [-0.2, -0.15) is 0 Å². The van der Waals surface area contributed by atoms with Crippen molar-refractivity contribution >= 4 is 39.8 Å². The average molecular weight is 395 g/mol. The van der Waals surface area contributed by atoms with E-state index in [-0.39, 0.29) is 24.6 Å². The Hall–Kier alpha value is -1.47. The van der Waals surface area contributed by atoms with E-state index in [1.54, 1.807) is 34.5 Å². The van der Waals surface area contributed by atoms with Gasteiger partial charge >= 0.3 is 5.97 Å². The average Bonchev–Trinajstić information content (AvgIpc) is 3.11. The van der Waals surface area contributed by atoms with Gasteiger partial charge in [0.25, 0.3) is 5.91 Å². The highest BCUT2D eigenvalue weighted by Crippen LogP contribution is 2.26. The Labute approximate surface area is 164 Å². The molecule has 142 valence electrons. The Morgan fingerprint density at radius 2 is 1.92 bits per heavy atom. The van der Waals surface area contributed by atoms with Crippen molar-refractivity contribution in [2.75, 3.05) is 18.9 Å². The lowest BCUT2D eigenvalue weighted by Gasteiger charge is -2.30. The van der Waals surface area contributed by atoms with Crippen molar-refractivity contribution in [2.24, 2.45) is 4.99 Å². The second-order valence-corrected chi connectivity index (χ2v) is 8.81. The summed E-state index contributed by atoms with van der Waals surface area (Å²) in [6.45, 7) is 8.44. The fraction of sp³-hybridized carbons (Fsp3) is 0.526. The zero-order chi connectivity index (χ0) is 19.1. The largest absolute Gasteiger partial charge is 0.452 e. The summed E-state index contributed by atoms with van der Waals surface area (Å²) in [4.78, 5) is 31.0. The van der Waals surface area contributed by atoms with Gasteiger partial charge in [-0.1, -0.05) is 41.7 Å². The normalized spacial score (nSPS) is 13.8. The summed E-state index contributed by atoms with van der Waals surface area (Å²) >= 11 is 3.38. The molecule has 1 heterocycles. The van der Waals surface area contributed by atoms with E-state index in [9.17, 15) is 9.59 Å². The summed E-state index contributed by atoms with van der Waals surface area (Å²) < 4.78 is 6.37. The first kappa shape index (κ1) is 20.8. The van der Waals surface area contributed by atoms with Gasteiger partial charge in [0.1, 0.15) is 4.38 Å². The van der Waals surface area contributed by atoms with Gasteiger partial charge in [-0.25, -0.2) is 4.79 Å². The standard InChI is InChI=1S/C19H26N2O3S2/c1-13(2)21(14(3)4)17(22)11-24-18(23)16-8-6-5-7-15(16)12-26-19-20-9-10-25-19/h5-8,13-14H,9-12H2,1-4H3. The number of carbonyl (C=O) groups is 2. The second kappa shape index (κ2) is 10.0. The summed E-state index contributed by atoms with van der Waals surface area (Å²) in [6.07, 6.45) is 0. The Morgan fingerprint density at radius 3 is 2.54 bits per heavy atom. The van der Waals surface area contributed by atoms with Crippen LogP contribution < -0.4 is 0 Å². The van der Waals surface area contributed by atoms with E-state index in [2.05, 4.69) is 4.99 Å². The van der Waals surface area contributed by atoms with Crippen LogP contribution in [0, 0.1) is 0 Å².